The lowest BCUT2D eigenvalue weighted by molar-refractivity contribution is -0.117. The SMILES string of the molecule is CCOC(=O)c1ccc(NC(=O)CN(C)Cc2ccc(C(=O)NC)cc2)cc1. The van der Waals surface area contributed by atoms with Crippen LogP contribution in [0.25, 0.3) is 0 Å². The number of carbonyl (C=O) groups is 3. The van der Waals surface area contributed by atoms with Crippen LogP contribution >= 0.6 is 0 Å². The molecule has 2 amide bonds. The molecule has 2 N–H and O–H groups in total. The number of esters is 1. The van der Waals surface area contributed by atoms with Gasteiger partial charge in [-0.3, -0.25) is 14.5 Å². The van der Waals surface area contributed by atoms with Crippen LogP contribution in [0.15, 0.2) is 48.5 Å². The molecule has 2 rings (SSSR count). The van der Waals surface area contributed by atoms with Crippen LogP contribution in [0.2, 0.25) is 0 Å². The maximum Gasteiger partial charge on any atom is 0.338 e. The summed E-state index contributed by atoms with van der Waals surface area (Å²) in [5.41, 5.74) is 2.65. The van der Waals surface area contributed by atoms with Gasteiger partial charge in [0.25, 0.3) is 5.91 Å². The second-order valence-corrected chi connectivity index (χ2v) is 6.29. The zero-order valence-corrected chi connectivity index (χ0v) is 16.3. The summed E-state index contributed by atoms with van der Waals surface area (Å²) in [6.07, 6.45) is 0. The summed E-state index contributed by atoms with van der Waals surface area (Å²) >= 11 is 0. The third-order valence-electron chi connectivity index (χ3n) is 3.99. The number of rotatable bonds is 8. The Morgan fingerprint density at radius 2 is 1.57 bits per heavy atom. The van der Waals surface area contributed by atoms with Gasteiger partial charge >= 0.3 is 5.97 Å². The van der Waals surface area contributed by atoms with Gasteiger partial charge in [-0.25, -0.2) is 4.79 Å². The maximum absolute atomic E-state index is 12.2. The van der Waals surface area contributed by atoms with Gasteiger partial charge in [0, 0.05) is 24.8 Å². The minimum atomic E-state index is -0.387. The number of nitrogens with zero attached hydrogens (tertiary/aromatic N) is 1. The molecule has 0 atom stereocenters. The van der Waals surface area contributed by atoms with Crippen molar-refractivity contribution in [2.24, 2.45) is 0 Å². The molecular weight excluding hydrogens is 358 g/mol. The minimum Gasteiger partial charge on any atom is -0.462 e. The molecule has 0 spiro atoms. The molecule has 0 radical (unpaired) electrons. The van der Waals surface area contributed by atoms with Gasteiger partial charge < -0.3 is 15.4 Å². The van der Waals surface area contributed by atoms with Crippen molar-refractivity contribution < 1.29 is 19.1 Å². The second-order valence-electron chi connectivity index (χ2n) is 6.29. The Hall–Kier alpha value is -3.19. The van der Waals surface area contributed by atoms with Crippen molar-refractivity contribution in [3.05, 3.63) is 65.2 Å². The lowest BCUT2D eigenvalue weighted by Crippen LogP contribution is -2.29. The Morgan fingerprint density at radius 3 is 2.14 bits per heavy atom. The van der Waals surface area contributed by atoms with E-state index in [0.717, 1.165) is 5.56 Å². The maximum atomic E-state index is 12.2. The van der Waals surface area contributed by atoms with Gasteiger partial charge in [-0.1, -0.05) is 12.1 Å². The van der Waals surface area contributed by atoms with Gasteiger partial charge in [-0.2, -0.15) is 0 Å². The Balaban J connectivity index is 1.85. The first kappa shape index (κ1) is 21.1. The van der Waals surface area contributed by atoms with Gasteiger partial charge in [-0.05, 0) is 55.9 Å². The van der Waals surface area contributed by atoms with Gasteiger partial charge in [0.1, 0.15) is 0 Å². The van der Waals surface area contributed by atoms with E-state index in [-0.39, 0.29) is 24.3 Å². The topological polar surface area (TPSA) is 87.7 Å². The quantitative estimate of drug-likeness (QED) is 0.683. The number of amides is 2. The van der Waals surface area contributed by atoms with E-state index in [1.165, 1.54) is 0 Å². The van der Waals surface area contributed by atoms with Crippen LogP contribution in [-0.4, -0.2) is 49.9 Å². The number of benzene rings is 2. The largest absolute Gasteiger partial charge is 0.462 e. The lowest BCUT2D eigenvalue weighted by Gasteiger charge is -2.16. The highest BCUT2D eigenvalue weighted by atomic mass is 16.5. The molecule has 2 aromatic rings. The Morgan fingerprint density at radius 1 is 0.964 bits per heavy atom. The summed E-state index contributed by atoms with van der Waals surface area (Å²) in [5.74, 6) is -0.677. The fraction of sp³-hybridized carbons (Fsp3) is 0.286. The van der Waals surface area contributed by atoms with Crippen molar-refractivity contribution in [3.63, 3.8) is 0 Å². The molecule has 28 heavy (non-hydrogen) atoms. The van der Waals surface area contributed by atoms with Crippen LogP contribution < -0.4 is 10.6 Å². The molecule has 0 saturated carbocycles. The average molecular weight is 383 g/mol. The molecule has 0 aliphatic carbocycles. The van der Waals surface area contributed by atoms with Crippen molar-refractivity contribution in [1.29, 1.82) is 0 Å². The van der Waals surface area contributed by atoms with E-state index < -0.39 is 0 Å². The molecule has 0 bridgehead atoms. The number of hydrogen-bond donors (Lipinski definition) is 2. The highest BCUT2D eigenvalue weighted by molar-refractivity contribution is 5.94. The standard InChI is InChI=1S/C21H25N3O4/c1-4-28-21(27)17-9-11-18(12-10-17)23-19(25)14-24(3)13-15-5-7-16(8-6-15)20(26)22-2/h5-12H,4,13-14H2,1-3H3,(H,22,26)(H,23,25). The average Bonchev–Trinajstić information content (AvgIpc) is 2.68. The lowest BCUT2D eigenvalue weighted by atomic mass is 10.1. The number of likely N-dealkylation sites (N-methyl/N-ethyl adjacent to an activating group) is 1. The molecule has 7 heteroatoms. The van der Waals surface area contributed by atoms with Crippen LogP contribution in [0.5, 0.6) is 0 Å². The summed E-state index contributed by atoms with van der Waals surface area (Å²) in [7, 11) is 3.43. The van der Waals surface area contributed by atoms with E-state index >= 15 is 0 Å². The van der Waals surface area contributed by atoms with Crippen LogP contribution in [0.4, 0.5) is 5.69 Å². The summed E-state index contributed by atoms with van der Waals surface area (Å²) in [6, 6.07) is 13.8. The molecule has 148 valence electrons. The molecule has 0 unspecified atom stereocenters. The summed E-state index contributed by atoms with van der Waals surface area (Å²) in [4.78, 5) is 37.3. The van der Waals surface area contributed by atoms with E-state index in [2.05, 4.69) is 10.6 Å². The van der Waals surface area contributed by atoms with E-state index in [1.54, 1.807) is 50.4 Å². The predicted molar refractivity (Wildman–Crippen MR) is 107 cm³/mol. The number of hydrogen-bond acceptors (Lipinski definition) is 5. The van der Waals surface area contributed by atoms with Crippen LogP contribution in [0, 0.1) is 0 Å². The smallest absolute Gasteiger partial charge is 0.338 e. The van der Waals surface area contributed by atoms with Gasteiger partial charge in [0.2, 0.25) is 5.91 Å². The molecular formula is C21H25N3O4. The van der Waals surface area contributed by atoms with Gasteiger partial charge in [0.05, 0.1) is 18.7 Å². The van der Waals surface area contributed by atoms with E-state index in [1.807, 2.05) is 24.1 Å². The molecule has 2 aromatic carbocycles. The number of anilines is 1. The third-order valence-corrected chi connectivity index (χ3v) is 3.99. The number of carbonyl (C=O) groups excluding carboxylic acids is 3. The molecule has 0 heterocycles. The summed E-state index contributed by atoms with van der Waals surface area (Å²) < 4.78 is 4.93. The number of ether oxygens (including phenoxy) is 1. The molecule has 0 aromatic heterocycles. The predicted octanol–water partition coefficient (Wildman–Crippen LogP) is 2.29. The van der Waals surface area contributed by atoms with E-state index in [9.17, 15) is 14.4 Å². The first-order valence-electron chi connectivity index (χ1n) is 8.99. The van der Waals surface area contributed by atoms with Crippen LogP contribution in [0.1, 0.15) is 33.2 Å². The first-order chi connectivity index (χ1) is 13.4. The molecule has 0 aliphatic rings. The third kappa shape index (κ3) is 6.21. The summed E-state index contributed by atoms with van der Waals surface area (Å²) in [6.45, 7) is 2.84. The van der Waals surface area contributed by atoms with Gasteiger partial charge in [-0.15, -0.1) is 0 Å². The molecule has 0 aliphatic heterocycles. The second kappa shape index (κ2) is 10.2. The van der Waals surface area contributed by atoms with Crippen molar-refractivity contribution in [3.8, 4) is 0 Å². The highest BCUT2D eigenvalue weighted by Crippen LogP contribution is 2.11. The molecule has 0 saturated heterocycles. The van der Waals surface area contributed by atoms with Crippen molar-refractivity contribution >= 4 is 23.5 Å². The van der Waals surface area contributed by atoms with Crippen molar-refractivity contribution in [2.75, 3.05) is 32.6 Å². The van der Waals surface area contributed by atoms with Crippen molar-refractivity contribution in [1.82, 2.24) is 10.2 Å². The minimum absolute atomic E-state index is 0.131. The van der Waals surface area contributed by atoms with E-state index in [4.69, 9.17) is 4.74 Å². The Kier molecular flexibility index (Phi) is 7.71. The fourth-order valence-corrected chi connectivity index (χ4v) is 2.62. The first-order valence-corrected chi connectivity index (χ1v) is 8.99. The summed E-state index contributed by atoms with van der Waals surface area (Å²) in [5, 5.41) is 5.38. The fourth-order valence-electron chi connectivity index (χ4n) is 2.62. The molecule has 7 nitrogen and oxygen atoms in total. The van der Waals surface area contributed by atoms with Crippen molar-refractivity contribution in [2.45, 2.75) is 13.5 Å². The van der Waals surface area contributed by atoms with Gasteiger partial charge in [0.15, 0.2) is 0 Å². The van der Waals surface area contributed by atoms with Crippen LogP contribution in [0.3, 0.4) is 0 Å². The zero-order chi connectivity index (χ0) is 20.5. The zero-order valence-electron chi connectivity index (χ0n) is 16.3. The number of nitrogens with one attached hydrogen (secondary N) is 2. The van der Waals surface area contributed by atoms with E-state index in [0.29, 0.717) is 30.0 Å². The highest BCUT2D eigenvalue weighted by Gasteiger charge is 2.10. The monoisotopic (exact) mass is 383 g/mol. The normalized spacial score (nSPS) is 10.4. The molecule has 0 fully saturated rings. The Bertz CT molecular complexity index is 817. The van der Waals surface area contributed by atoms with Crippen LogP contribution in [-0.2, 0) is 16.1 Å². The Labute approximate surface area is 164 Å².